The average Bonchev–Trinajstić information content (AvgIpc) is 2.94. The largest absolute Gasteiger partial charge is 0.383 e. The minimum absolute atomic E-state index is 0.0522. The van der Waals surface area contributed by atoms with Gasteiger partial charge in [0.2, 0.25) is 0 Å². The summed E-state index contributed by atoms with van der Waals surface area (Å²) < 4.78 is 5.15. The zero-order chi connectivity index (χ0) is 32.0. The molecule has 8 nitrogen and oxygen atoms in total. The minimum Gasteiger partial charge on any atom is -0.383 e. The number of methoxy groups -OCH3 is 1. The Labute approximate surface area is 257 Å². The van der Waals surface area contributed by atoms with E-state index in [1.54, 1.807) is 25.1 Å². The Kier molecular flexibility index (Phi) is 7.23. The third-order valence-corrected chi connectivity index (χ3v) is 13.6. The summed E-state index contributed by atoms with van der Waals surface area (Å²) in [4.78, 5) is 42.7. The van der Waals surface area contributed by atoms with Gasteiger partial charge in [-0.1, -0.05) is 47.6 Å². The molecule has 2 N–H and O–H groups in total. The van der Waals surface area contributed by atoms with Crippen molar-refractivity contribution in [1.29, 1.82) is 5.26 Å². The molecule has 43 heavy (non-hydrogen) atoms. The number of amides is 2. The summed E-state index contributed by atoms with van der Waals surface area (Å²) in [5.41, 5.74) is -3.99. The molecule has 236 valence electrons. The van der Waals surface area contributed by atoms with E-state index >= 15 is 0 Å². The van der Waals surface area contributed by atoms with Gasteiger partial charge in [0, 0.05) is 48.4 Å². The van der Waals surface area contributed by atoms with Crippen molar-refractivity contribution in [3.63, 3.8) is 0 Å². The predicted molar refractivity (Wildman–Crippen MR) is 164 cm³/mol. The molecular weight excluding hydrogens is 542 g/mol. The van der Waals surface area contributed by atoms with Gasteiger partial charge in [0.15, 0.2) is 11.6 Å². The summed E-state index contributed by atoms with van der Waals surface area (Å²) in [7, 11) is 3.36. The molecule has 2 amide bonds. The predicted octanol–water partition coefficient (Wildman–Crippen LogP) is 5.36. The van der Waals surface area contributed by atoms with Crippen molar-refractivity contribution < 1.29 is 24.2 Å². The molecule has 0 bridgehead atoms. The first-order valence-electron chi connectivity index (χ1n) is 16.0. The molecule has 3 saturated carbocycles. The SMILES string of the molecule is COCCN(C)C(=O)N[C@@]1(C)CC[C@@]2(C)CC[C@@]3(C)[C@]4(C)CC[C@H]5C(C)(C)C(=O)C(C#N)=C[C@]5(C)C4=CC(=O)[C@]3(O)[C@@H]2C1. The molecule has 0 radical (unpaired) electrons. The van der Waals surface area contributed by atoms with Crippen LogP contribution in [0.3, 0.4) is 0 Å². The van der Waals surface area contributed by atoms with Crippen LogP contribution in [0.2, 0.25) is 0 Å². The summed E-state index contributed by atoms with van der Waals surface area (Å²) in [5, 5.41) is 26.2. The van der Waals surface area contributed by atoms with E-state index < -0.39 is 32.8 Å². The van der Waals surface area contributed by atoms with E-state index in [1.165, 1.54) is 0 Å². The van der Waals surface area contributed by atoms with Crippen LogP contribution in [-0.4, -0.2) is 66.1 Å². The molecule has 0 aromatic rings. The Morgan fingerprint density at radius 2 is 1.72 bits per heavy atom. The van der Waals surface area contributed by atoms with E-state index in [9.17, 15) is 24.8 Å². The van der Waals surface area contributed by atoms with E-state index in [-0.39, 0.29) is 40.4 Å². The summed E-state index contributed by atoms with van der Waals surface area (Å²) in [6.07, 6.45) is 8.72. The molecule has 8 atom stereocenters. The third-order valence-electron chi connectivity index (χ3n) is 13.6. The van der Waals surface area contributed by atoms with Gasteiger partial charge in [0.05, 0.1) is 12.2 Å². The molecule has 5 aliphatic rings. The van der Waals surface area contributed by atoms with Crippen molar-refractivity contribution in [1.82, 2.24) is 10.2 Å². The first-order valence-corrected chi connectivity index (χ1v) is 16.0. The van der Waals surface area contributed by atoms with Crippen molar-refractivity contribution in [2.24, 2.45) is 38.9 Å². The van der Waals surface area contributed by atoms with Crippen molar-refractivity contribution >= 4 is 17.6 Å². The fourth-order valence-corrected chi connectivity index (χ4v) is 10.6. The fourth-order valence-electron chi connectivity index (χ4n) is 10.6. The number of hydrogen-bond acceptors (Lipinski definition) is 6. The van der Waals surface area contributed by atoms with Gasteiger partial charge in [0.1, 0.15) is 11.7 Å². The van der Waals surface area contributed by atoms with Crippen LogP contribution >= 0.6 is 0 Å². The van der Waals surface area contributed by atoms with E-state index in [2.05, 4.69) is 39.1 Å². The minimum atomic E-state index is -1.61. The second kappa shape index (κ2) is 9.75. The molecule has 0 saturated heterocycles. The van der Waals surface area contributed by atoms with Crippen LogP contribution in [-0.2, 0) is 14.3 Å². The lowest BCUT2D eigenvalue weighted by Crippen LogP contribution is -2.74. The molecule has 0 unspecified atom stereocenters. The molecule has 0 aromatic heterocycles. The first kappa shape index (κ1) is 31.9. The van der Waals surface area contributed by atoms with Gasteiger partial charge in [-0.15, -0.1) is 0 Å². The molecule has 3 fully saturated rings. The number of hydrogen-bond donors (Lipinski definition) is 2. The van der Waals surface area contributed by atoms with E-state index in [0.29, 0.717) is 26.0 Å². The maximum atomic E-state index is 14.6. The highest BCUT2D eigenvalue weighted by Gasteiger charge is 2.75. The Bertz CT molecular complexity index is 1360. The first-order chi connectivity index (χ1) is 19.8. The number of nitrogens with zero attached hydrogens (tertiary/aromatic N) is 2. The maximum absolute atomic E-state index is 14.6. The number of carbonyl (C=O) groups is 3. The number of ether oxygens (including phenoxy) is 1. The lowest BCUT2D eigenvalue weighted by molar-refractivity contribution is -0.240. The number of ketones is 2. The van der Waals surface area contributed by atoms with Crippen molar-refractivity contribution in [3.8, 4) is 6.07 Å². The number of fused-ring (bicyclic) bond motifs is 7. The summed E-state index contributed by atoms with van der Waals surface area (Å²) in [6.45, 7) is 15.4. The van der Waals surface area contributed by atoms with Crippen LogP contribution in [0.1, 0.15) is 93.4 Å². The van der Waals surface area contributed by atoms with Crippen molar-refractivity contribution in [3.05, 3.63) is 23.3 Å². The molecule has 5 aliphatic carbocycles. The number of nitrogens with one attached hydrogen (secondary N) is 1. The number of allylic oxidation sites excluding steroid dienone is 3. The Morgan fingerprint density at radius 1 is 1.07 bits per heavy atom. The highest BCUT2D eigenvalue weighted by Crippen LogP contribution is 2.75. The molecule has 5 rings (SSSR count). The van der Waals surface area contributed by atoms with E-state index in [4.69, 9.17) is 4.74 Å². The molecule has 8 heteroatoms. The number of likely N-dealkylation sites (N-methyl/N-ethyl adjacent to an activating group) is 1. The lowest BCUT2D eigenvalue weighted by atomic mass is 9.33. The molecule has 0 aromatic carbocycles. The molecule has 0 heterocycles. The number of carbonyl (C=O) groups excluding carboxylic acids is 3. The van der Waals surface area contributed by atoms with Gasteiger partial charge in [-0.3, -0.25) is 9.59 Å². The van der Waals surface area contributed by atoms with Gasteiger partial charge in [-0.2, -0.15) is 5.26 Å². The fraction of sp³-hybridized carbons (Fsp3) is 0.771. The average molecular weight is 594 g/mol. The number of Topliss-reactive ketones (excluding diaryl/α,β-unsaturated/α-hetero) is 1. The van der Waals surface area contributed by atoms with Crippen LogP contribution in [0.5, 0.6) is 0 Å². The smallest absolute Gasteiger partial charge is 0.317 e. The van der Waals surface area contributed by atoms with Crippen LogP contribution < -0.4 is 5.32 Å². The molecule has 0 aliphatic heterocycles. The quantitative estimate of drug-likeness (QED) is 0.453. The van der Waals surface area contributed by atoms with Crippen LogP contribution in [0.4, 0.5) is 4.79 Å². The van der Waals surface area contributed by atoms with Gasteiger partial charge >= 0.3 is 6.03 Å². The summed E-state index contributed by atoms with van der Waals surface area (Å²) >= 11 is 0. The van der Waals surface area contributed by atoms with E-state index in [0.717, 1.165) is 37.7 Å². The zero-order valence-electron chi connectivity index (χ0n) is 27.6. The van der Waals surface area contributed by atoms with Crippen molar-refractivity contribution in [2.45, 2.75) is 105 Å². The van der Waals surface area contributed by atoms with Crippen LogP contribution in [0, 0.1) is 50.2 Å². The Morgan fingerprint density at radius 3 is 2.35 bits per heavy atom. The van der Waals surface area contributed by atoms with E-state index in [1.807, 2.05) is 26.8 Å². The molecule has 0 spiro atoms. The van der Waals surface area contributed by atoms with Crippen LogP contribution in [0.25, 0.3) is 0 Å². The number of urea groups is 1. The second-order valence-corrected chi connectivity index (χ2v) is 16.3. The second-order valence-electron chi connectivity index (χ2n) is 16.3. The number of aliphatic hydroxyl groups is 1. The summed E-state index contributed by atoms with van der Waals surface area (Å²) in [6, 6.07) is 1.97. The number of rotatable bonds is 4. The molecular formula is C35H51N3O5. The van der Waals surface area contributed by atoms with Crippen molar-refractivity contribution in [2.75, 3.05) is 27.3 Å². The van der Waals surface area contributed by atoms with Gasteiger partial charge in [0.25, 0.3) is 0 Å². The highest BCUT2D eigenvalue weighted by atomic mass is 16.5. The zero-order valence-corrected chi connectivity index (χ0v) is 27.6. The lowest BCUT2D eigenvalue weighted by Gasteiger charge is -2.71. The maximum Gasteiger partial charge on any atom is 0.317 e. The standard InChI is InChI=1S/C35H51N3O5/c1-29(2)23-10-11-33(6)24(32(23,5)19-22(21-36)27(29)40)18-26(39)35(42)25-20-31(4,37-28(41)38(8)16-17-43-9)14-12-30(25,3)13-15-34(33,35)7/h18-19,23,25,42H,10-17,20H2,1-9H3,(H,37,41)/t23-,25+,30-,31-,32-,33+,34-,35+/m0/s1. The van der Waals surface area contributed by atoms with Gasteiger partial charge in [-0.25, -0.2) is 4.79 Å². The van der Waals surface area contributed by atoms with Crippen LogP contribution in [0.15, 0.2) is 23.3 Å². The normalized spacial score (nSPS) is 44.9. The summed E-state index contributed by atoms with van der Waals surface area (Å²) in [5.74, 6) is -0.793. The topological polar surface area (TPSA) is 120 Å². The third kappa shape index (κ3) is 4.09. The van der Waals surface area contributed by atoms with Gasteiger partial charge < -0.3 is 20.1 Å². The Hall–Kier alpha value is -2.50. The highest BCUT2D eigenvalue weighted by molar-refractivity contribution is 6.05. The Balaban J connectivity index is 1.59. The monoisotopic (exact) mass is 593 g/mol. The number of nitriles is 1. The van der Waals surface area contributed by atoms with Gasteiger partial charge in [-0.05, 0) is 80.3 Å².